The van der Waals surface area contributed by atoms with E-state index in [1.807, 2.05) is 0 Å². The van der Waals surface area contributed by atoms with Crippen molar-refractivity contribution in [2.24, 2.45) is 5.41 Å². The summed E-state index contributed by atoms with van der Waals surface area (Å²) in [7, 11) is 0. The van der Waals surface area contributed by atoms with Gasteiger partial charge in [0.15, 0.2) is 0 Å². The Morgan fingerprint density at radius 2 is 1.71 bits per heavy atom. The zero-order valence-corrected chi connectivity index (χ0v) is 10.4. The molecular weight excluding hydrogens is 210 g/mol. The van der Waals surface area contributed by atoms with Crippen LogP contribution in [0, 0.1) is 5.41 Å². The molecule has 1 saturated heterocycles. The van der Waals surface area contributed by atoms with Crippen molar-refractivity contribution >= 4 is 5.69 Å². The lowest BCUT2D eigenvalue weighted by atomic mass is 9.78. The van der Waals surface area contributed by atoms with Gasteiger partial charge in [0.2, 0.25) is 0 Å². The summed E-state index contributed by atoms with van der Waals surface area (Å²) in [5, 5.41) is 8.88. The molecule has 1 aliphatic carbocycles. The second-order valence-electron chi connectivity index (χ2n) is 5.70. The molecule has 1 aromatic carbocycles. The standard InChI is InChI=1S/C15H21NO/c17-10-7-13-3-5-14(6-4-13)16-11-15(12-16)8-1-2-9-15/h3-6,17H,1-2,7-12H2. The Balaban J connectivity index is 1.62. The average molecular weight is 231 g/mol. The second-order valence-corrected chi connectivity index (χ2v) is 5.70. The predicted molar refractivity (Wildman–Crippen MR) is 70.3 cm³/mol. The maximum atomic E-state index is 8.88. The van der Waals surface area contributed by atoms with E-state index in [0.717, 1.165) is 6.42 Å². The van der Waals surface area contributed by atoms with E-state index in [-0.39, 0.29) is 6.61 Å². The first-order valence-corrected chi connectivity index (χ1v) is 6.76. The minimum absolute atomic E-state index is 0.242. The second kappa shape index (κ2) is 4.34. The highest BCUT2D eigenvalue weighted by Crippen LogP contribution is 2.46. The zero-order valence-electron chi connectivity index (χ0n) is 10.4. The minimum atomic E-state index is 0.242. The fraction of sp³-hybridized carbons (Fsp3) is 0.600. The molecule has 1 aliphatic heterocycles. The molecule has 92 valence electrons. The molecule has 1 saturated carbocycles. The van der Waals surface area contributed by atoms with Gasteiger partial charge in [-0.25, -0.2) is 0 Å². The molecule has 17 heavy (non-hydrogen) atoms. The van der Waals surface area contributed by atoms with Gasteiger partial charge >= 0.3 is 0 Å². The van der Waals surface area contributed by atoms with E-state index in [9.17, 15) is 0 Å². The van der Waals surface area contributed by atoms with Crippen LogP contribution in [0.2, 0.25) is 0 Å². The van der Waals surface area contributed by atoms with E-state index < -0.39 is 0 Å². The Morgan fingerprint density at radius 3 is 2.29 bits per heavy atom. The molecule has 3 rings (SSSR count). The van der Waals surface area contributed by atoms with Gasteiger partial charge in [-0.15, -0.1) is 0 Å². The van der Waals surface area contributed by atoms with Crippen molar-refractivity contribution < 1.29 is 5.11 Å². The van der Waals surface area contributed by atoms with Crippen molar-refractivity contribution in [2.45, 2.75) is 32.1 Å². The van der Waals surface area contributed by atoms with Crippen molar-refractivity contribution in [1.82, 2.24) is 0 Å². The number of aliphatic hydroxyl groups is 1. The number of aliphatic hydroxyl groups excluding tert-OH is 1. The average Bonchev–Trinajstić information content (AvgIpc) is 2.78. The van der Waals surface area contributed by atoms with E-state index in [4.69, 9.17) is 5.11 Å². The molecule has 0 radical (unpaired) electrons. The Hall–Kier alpha value is -1.02. The molecular formula is C15H21NO. The first kappa shape index (κ1) is 11.1. The van der Waals surface area contributed by atoms with Crippen molar-refractivity contribution in [2.75, 3.05) is 24.6 Å². The molecule has 0 bridgehead atoms. The van der Waals surface area contributed by atoms with Gasteiger partial charge in [0.1, 0.15) is 0 Å². The highest BCUT2D eigenvalue weighted by atomic mass is 16.2. The van der Waals surface area contributed by atoms with E-state index in [0.29, 0.717) is 5.41 Å². The van der Waals surface area contributed by atoms with Gasteiger partial charge < -0.3 is 10.0 Å². The fourth-order valence-corrected chi connectivity index (χ4v) is 3.39. The lowest BCUT2D eigenvalue weighted by molar-refractivity contribution is 0.222. The number of hydrogen-bond donors (Lipinski definition) is 1. The predicted octanol–water partition coefficient (Wildman–Crippen LogP) is 2.60. The molecule has 2 heteroatoms. The highest BCUT2D eigenvalue weighted by molar-refractivity contribution is 5.51. The highest BCUT2D eigenvalue weighted by Gasteiger charge is 2.44. The molecule has 1 aromatic rings. The lowest BCUT2D eigenvalue weighted by Gasteiger charge is -2.49. The maximum Gasteiger partial charge on any atom is 0.0471 e. The van der Waals surface area contributed by atoms with Crippen molar-refractivity contribution in [3.63, 3.8) is 0 Å². The van der Waals surface area contributed by atoms with Gasteiger partial charge in [-0.05, 0) is 37.0 Å². The van der Waals surface area contributed by atoms with Crippen molar-refractivity contribution in [3.05, 3.63) is 29.8 Å². The van der Waals surface area contributed by atoms with Crippen LogP contribution in [-0.4, -0.2) is 24.8 Å². The van der Waals surface area contributed by atoms with Crippen LogP contribution in [-0.2, 0) is 6.42 Å². The number of benzene rings is 1. The quantitative estimate of drug-likeness (QED) is 0.864. The maximum absolute atomic E-state index is 8.88. The number of hydrogen-bond acceptors (Lipinski definition) is 2. The SMILES string of the molecule is OCCc1ccc(N2CC3(CCCC3)C2)cc1. The normalized spacial score (nSPS) is 21.8. The van der Waals surface area contributed by atoms with Crippen LogP contribution >= 0.6 is 0 Å². The van der Waals surface area contributed by atoms with Gasteiger partial charge in [0.05, 0.1) is 0 Å². The summed E-state index contributed by atoms with van der Waals surface area (Å²) in [5.41, 5.74) is 3.25. The molecule has 1 heterocycles. The molecule has 0 amide bonds. The molecule has 0 unspecified atom stereocenters. The molecule has 0 aromatic heterocycles. The first-order valence-electron chi connectivity index (χ1n) is 6.76. The van der Waals surface area contributed by atoms with Crippen LogP contribution in [0.1, 0.15) is 31.2 Å². The van der Waals surface area contributed by atoms with Crippen LogP contribution in [0.15, 0.2) is 24.3 Å². The Morgan fingerprint density at radius 1 is 1.06 bits per heavy atom. The summed E-state index contributed by atoms with van der Waals surface area (Å²) in [5.74, 6) is 0. The number of nitrogens with zero attached hydrogens (tertiary/aromatic N) is 1. The third kappa shape index (κ3) is 2.06. The van der Waals surface area contributed by atoms with Crippen LogP contribution < -0.4 is 4.90 Å². The molecule has 2 aliphatic rings. The Labute approximate surface area is 103 Å². The minimum Gasteiger partial charge on any atom is -0.396 e. The molecule has 1 N–H and O–H groups in total. The zero-order chi connectivity index (χ0) is 11.7. The summed E-state index contributed by atoms with van der Waals surface area (Å²) in [6, 6.07) is 8.69. The largest absolute Gasteiger partial charge is 0.396 e. The summed E-state index contributed by atoms with van der Waals surface area (Å²) < 4.78 is 0. The molecule has 2 fully saturated rings. The van der Waals surface area contributed by atoms with Gasteiger partial charge in [-0.3, -0.25) is 0 Å². The molecule has 1 spiro atoms. The molecule has 0 atom stereocenters. The third-order valence-corrected chi connectivity index (χ3v) is 4.42. The number of rotatable bonds is 3. The van der Waals surface area contributed by atoms with E-state index in [2.05, 4.69) is 29.2 Å². The molecule has 2 nitrogen and oxygen atoms in total. The van der Waals surface area contributed by atoms with Gasteiger partial charge in [-0.2, -0.15) is 0 Å². The van der Waals surface area contributed by atoms with Crippen LogP contribution in [0.3, 0.4) is 0 Å². The topological polar surface area (TPSA) is 23.5 Å². The monoisotopic (exact) mass is 231 g/mol. The lowest BCUT2D eigenvalue weighted by Crippen LogP contribution is -2.55. The smallest absolute Gasteiger partial charge is 0.0471 e. The van der Waals surface area contributed by atoms with Crippen molar-refractivity contribution in [3.8, 4) is 0 Å². The van der Waals surface area contributed by atoms with E-state index >= 15 is 0 Å². The third-order valence-electron chi connectivity index (χ3n) is 4.42. The van der Waals surface area contributed by atoms with E-state index in [1.54, 1.807) is 0 Å². The van der Waals surface area contributed by atoms with E-state index in [1.165, 1.54) is 50.0 Å². The first-order chi connectivity index (χ1) is 8.31. The Kier molecular flexibility index (Phi) is 2.83. The summed E-state index contributed by atoms with van der Waals surface area (Å²) in [6.07, 6.45) is 6.51. The van der Waals surface area contributed by atoms with Gasteiger partial charge in [0.25, 0.3) is 0 Å². The fourth-order valence-electron chi connectivity index (χ4n) is 3.39. The van der Waals surface area contributed by atoms with Crippen LogP contribution in [0.25, 0.3) is 0 Å². The van der Waals surface area contributed by atoms with Gasteiger partial charge in [-0.1, -0.05) is 25.0 Å². The van der Waals surface area contributed by atoms with Crippen LogP contribution in [0.4, 0.5) is 5.69 Å². The number of anilines is 1. The van der Waals surface area contributed by atoms with Gasteiger partial charge in [0, 0.05) is 30.8 Å². The van der Waals surface area contributed by atoms with Crippen LogP contribution in [0.5, 0.6) is 0 Å². The summed E-state index contributed by atoms with van der Waals surface area (Å²) in [6.45, 7) is 2.75. The summed E-state index contributed by atoms with van der Waals surface area (Å²) in [4.78, 5) is 2.49. The Bertz CT molecular complexity index is 370. The van der Waals surface area contributed by atoms with Crippen molar-refractivity contribution in [1.29, 1.82) is 0 Å². The summed E-state index contributed by atoms with van der Waals surface area (Å²) >= 11 is 0.